The van der Waals surface area contributed by atoms with Crippen LogP contribution in [-0.2, 0) is 15.9 Å². The van der Waals surface area contributed by atoms with Crippen LogP contribution in [0, 0.1) is 10.1 Å². The lowest BCUT2D eigenvalue weighted by molar-refractivity contribution is -0.384. The molecule has 9 heteroatoms. The molecule has 0 bridgehead atoms. The van der Waals surface area contributed by atoms with E-state index >= 15 is 0 Å². The third-order valence-electron chi connectivity index (χ3n) is 3.35. The van der Waals surface area contributed by atoms with E-state index in [0.29, 0.717) is 5.56 Å². The molecular formula is C16H13N3O5S. The van der Waals surface area contributed by atoms with Crippen LogP contribution in [0.4, 0.5) is 5.69 Å². The van der Waals surface area contributed by atoms with E-state index in [1.807, 2.05) is 0 Å². The topological polar surface area (TPSA) is 104 Å². The number of nitro groups is 1. The predicted octanol–water partition coefficient (Wildman–Crippen LogP) is 2.69. The largest absolute Gasteiger partial charge is 0.382 e. The van der Waals surface area contributed by atoms with Gasteiger partial charge in [0.05, 0.1) is 11.3 Å². The van der Waals surface area contributed by atoms with E-state index in [1.165, 1.54) is 24.3 Å². The zero-order valence-electron chi connectivity index (χ0n) is 12.8. The number of hydrogen-bond donors (Lipinski definition) is 0. The third-order valence-corrected chi connectivity index (χ3v) is 4.49. The van der Waals surface area contributed by atoms with Gasteiger partial charge in [0.25, 0.3) is 5.69 Å². The molecule has 0 aliphatic carbocycles. The van der Waals surface area contributed by atoms with Crippen LogP contribution in [0.5, 0.6) is 5.75 Å². The lowest BCUT2D eigenvalue weighted by Crippen LogP contribution is -2.12. The van der Waals surface area contributed by atoms with E-state index in [4.69, 9.17) is 4.18 Å². The van der Waals surface area contributed by atoms with Crippen molar-refractivity contribution in [3.63, 3.8) is 0 Å². The summed E-state index contributed by atoms with van der Waals surface area (Å²) in [6, 6.07) is 11.8. The van der Waals surface area contributed by atoms with Crippen LogP contribution in [0.2, 0.25) is 0 Å². The summed E-state index contributed by atoms with van der Waals surface area (Å²) in [5.41, 5.74) is 1.12. The normalized spacial score (nSPS) is 11.2. The SMILES string of the molecule is O=[N+]([O-])c1ccc(CS(=O)(=O)Oc2ccc(-n3ccnc3)cc2)cc1. The first kappa shape index (κ1) is 16.7. The maximum Gasteiger partial charge on any atom is 0.313 e. The van der Waals surface area contributed by atoms with Crippen molar-refractivity contribution in [1.82, 2.24) is 9.55 Å². The fourth-order valence-corrected chi connectivity index (χ4v) is 3.24. The zero-order valence-corrected chi connectivity index (χ0v) is 13.7. The average Bonchev–Trinajstić information content (AvgIpc) is 3.09. The van der Waals surface area contributed by atoms with Gasteiger partial charge in [-0.15, -0.1) is 0 Å². The Kier molecular flexibility index (Phi) is 4.48. The van der Waals surface area contributed by atoms with Crippen LogP contribution in [0.3, 0.4) is 0 Å². The first-order chi connectivity index (χ1) is 11.9. The third kappa shape index (κ3) is 4.21. The highest BCUT2D eigenvalue weighted by Crippen LogP contribution is 2.19. The Morgan fingerprint density at radius 2 is 1.76 bits per heavy atom. The molecule has 0 radical (unpaired) electrons. The van der Waals surface area contributed by atoms with E-state index in [-0.39, 0.29) is 17.2 Å². The maximum absolute atomic E-state index is 12.1. The summed E-state index contributed by atoms with van der Waals surface area (Å²) in [7, 11) is -3.88. The van der Waals surface area contributed by atoms with Crippen LogP contribution < -0.4 is 4.18 Å². The lowest BCUT2D eigenvalue weighted by Gasteiger charge is -2.08. The molecule has 25 heavy (non-hydrogen) atoms. The minimum absolute atomic E-state index is 0.0999. The molecule has 0 spiro atoms. The fourth-order valence-electron chi connectivity index (χ4n) is 2.18. The number of hydrogen-bond acceptors (Lipinski definition) is 6. The van der Waals surface area contributed by atoms with Crippen LogP contribution in [-0.4, -0.2) is 22.9 Å². The summed E-state index contributed by atoms with van der Waals surface area (Å²) in [5.74, 6) is -0.195. The molecule has 2 aromatic carbocycles. The Morgan fingerprint density at radius 3 is 2.32 bits per heavy atom. The summed E-state index contributed by atoms with van der Waals surface area (Å²) in [6.07, 6.45) is 5.03. The van der Waals surface area contributed by atoms with Crippen molar-refractivity contribution in [2.24, 2.45) is 0 Å². The highest BCUT2D eigenvalue weighted by atomic mass is 32.2. The molecule has 0 N–H and O–H groups in total. The summed E-state index contributed by atoms with van der Waals surface area (Å²) >= 11 is 0. The van der Waals surface area contributed by atoms with Gasteiger partial charge in [-0.05, 0) is 29.8 Å². The van der Waals surface area contributed by atoms with Gasteiger partial charge in [0.1, 0.15) is 11.5 Å². The molecular weight excluding hydrogens is 346 g/mol. The molecule has 0 saturated heterocycles. The fraction of sp³-hybridized carbons (Fsp3) is 0.0625. The summed E-state index contributed by atoms with van der Waals surface area (Å²) in [4.78, 5) is 14.0. The molecule has 0 atom stereocenters. The maximum atomic E-state index is 12.1. The minimum Gasteiger partial charge on any atom is -0.382 e. The number of nitro benzene ring substituents is 1. The van der Waals surface area contributed by atoms with Crippen molar-refractivity contribution in [1.29, 1.82) is 0 Å². The molecule has 0 unspecified atom stereocenters. The van der Waals surface area contributed by atoms with Crippen molar-refractivity contribution in [3.8, 4) is 11.4 Å². The van der Waals surface area contributed by atoms with Crippen molar-refractivity contribution >= 4 is 15.8 Å². The molecule has 1 aromatic heterocycles. The minimum atomic E-state index is -3.88. The second kappa shape index (κ2) is 6.73. The van der Waals surface area contributed by atoms with Crippen LogP contribution in [0.25, 0.3) is 5.69 Å². The van der Waals surface area contributed by atoms with E-state index in [2.05, 4.69) is 4.98 Å². The van der Waals surface area contributed by atoms with Gasteiger partial charge in [-0.1, -0.05) is 12.1 Å². The number of imidazole rings is 1. The van der Waals surface area contributed by atoms with Crippen molar-refractivity contribution in [2.75, 3.05) is 0 Å². The summed E-state index contributed by atoms with van der Waals surface area (Å²) in [5, 5.41) is 10.6. The van der Waals surface area contributed by atoms with Gasteiger partial charge in [-0.25, -0.2) is 4.98 Å². The molecule has 0 aliphatic rings. The van der Waals surface area contributed by atoms with E-state index in [9.17, 15) is 18.5 Å². The quantitative estimate of drug-likeness (QED) is 0.381. The number of non-ortho nitro benzene ring substituents is 1. The molecule has 0 saturated carbocycles. The van der Waals surface area contributed by atoms with E-state index in [0.717, 1.165) is 5.69 Å². The van der Waals surface area contributed by atoms with Gasteiger partial charge in [-0.3, -0.25) is 10.1 Å². The molecule has 0 aliphatic heterocycles. The number of nitrogens with zero attached hydrogens (tertiary/aromatic N) is 3. The van der Waals surface area contributed by atoms with Crippen molar-refractivity contribution in [3.05, 3.63) is 82.9 Å². The molecule has 3 aromatic rings. The van der Waals surface area contributed by atoms with Crippen molar-refractivity contribution < 1.29 is 17.5 Å². The number of benzene rings is 2. The Balaban J connectivity index is 1.69. The zero-order chi connectivity index (χ0) is 17.9. The van der Waals surface area contributed by atoms with Gasteiger partial charge >= 0.3 is 10.1 Å². The van der Waals surface area contributed by atoms with Gasteiger partial charge in [-0.2, -0.15) is 8.42 Å². The first-order valence-corrected chi connectivity index (χ1v) is 8.74. The van der Waals surface area contributed by atoms with Crippen LogP contribution >= 0.6 is 0 Å². The predicted molar refractivity (Wildman–Crippen MR) is 89.9 cm³/mol. The molecule has 128 valence electrons. The van der Waals surface area contributed by atoms with E-state index < -0.39 is 15.0 Å². The Morgan fingerprint density at radius 1 is 1.08 bits per heavy atom. The highest BCUT2D eigenvalue weighted by molar-refractivity contribution is 7.86. The summed E-state index contributed by atoms with van der Waals surface area (Å²) in [6.45, 7) is 0. The smallest absolute Gasteiger partial charge is 0.313 e. The second-order valence-corrected chi connectivity index (χ2v) is 6.74. The molecule has 3 rings (SSSR count). The Hall–Kier alpha value is -3.20. The Labute approximate surface area is 143 Å². The van der Waals surface area contributed by atoms with E-state index in [1.54, 1.807) is 47.6 Å². The number of aromatic nitrogens is 2. The average molecular weight is 359 g/mol. The Bertz CT molecular complexity index is 966. The van der Waals surface area contributed by atoms with Gasteiger partial charge < -0.3 is 8.75 Å². The van der Waals surface area contributed by atoms with Crippen LogP contribution in [0.15, 0.2) is 67.3 Å². The monoisotopic (exact) mass is 359 g/mol. The molecule has 0 amide bonds. The highest BCUT2D eigenvalue weighted by Gasteiger charge is 2.15. The van der Waals surface area contributed by atoms with Crippen LogP contribution in [0.1, 0.15) is 5.56 Å². The molecule has 0 fully saturated rings. The second-order valence-electron chi connectivity index (χ2n) is 5.17. The molecule has 1 heterocycles. The van der Waals surface area contributed by atoms with Gasteiger partial charge in [0.15, 0.2) is 0 Å². The van der Waals surface area contributed by atoms with Gasteiger partial charge in [0, 0.05) is 30.2 Å². The number of rotatable bonds is 6. The first-order valence-electron chi connectivity index (χ1n) is 7.17. The standard InChI is InChI=1S/C16H13N3O5S/c20-19(21)15-3-1-13(2-4-15)11-25(22,23)24-16-7-5-14(6-8-16)18-10-9-17-12-18/h1-10,12H,11H2. The van der Waals surface area contributed by atoms with Gasteiger partial charge in [0.2, 0.25) is 0 Å². The lowest BCUT2D eigenvalue weighted by atomic mass is 10.2. The summed E-state index contributed by atoms with van der Waals surface area (Å²) < 4.78 is 31.1. The van der Waals surface area contributed by atoms with Crippen molar-refractivity contribution in [2.45, 2.75) is 5.75 Å². The molecule has 8 nitrogen and oxygen atoms in total.